The van der Waals surface area contributed by atoms with E-state index in [-0.39, 0.29) is 44.5 Å². The van der Waals surface area contributed by atoms with Gasteiger partial charge in [0.05, 0.1) is 5.71 Å². The highest BCUT2D eigenvalue weighted by molar-refractivity contribution is 9.10. The second kappa shape index (κ2) is 11.3. The molecule has 4 rings (SSSR count). The lowest BCUT2D eigenvalue weighted by Gasteiger charge is -2.40. The molecule has 1 unspecified atom stereocenters. The molecule has 0 bridgehead atoms. The summed E-state index contributed by atoms with van der Waals surface area (Å²) in [5, 5.41) is 15.9. The number of carboxylic acid groups (broad SMARTS) is 1. The number of alkyl halides is 3. The molecule has 1 fully saturated rings. The summed E-state index contributed by atoms with van der Waals surface area (Å²) in [6, 6.07) is 7.72. The first-order valence-corrected chi connectivity index (χ1v) is 12.8. The third kappa shape index (κ3) is 6.54. The Kier molecular flexibility index (Phi) is 8.23. The molecule has 0 radical (unpaired) electrons. The van der Waals surface area contributed by atoms with Crippen molar-refractivity contribution in [2.24, 2.45) is 10.5 Å². The molecule has 9 nitrogen and oxygen atoms in total. The summed E-state index contributed by atoms with van der Waals surface area (Å²) >= 11 is 3.31. The highest BCUT2D eigenvalue weighted by Crippen LogP contribution is 2.39. The molecule has 1 saturated heterocycles. The van der Waals surface area contributed by atoms with Crippen LogP contribution in [0.3, 0.4) is 0 Å². The number of aryl methyl sites for hydroxylation is 1. The first-order valence-electron chi connectivity index (χ1n) is 12.0. The summed E-state index contributed by atoms with van der Waals surface area (Å²) in [7, 11) is 0. The number of pyridine rings is 1. The van der Waals surface area contributed by atoms with Crippen LogP contribution in [0.2, 0.25) is 0 Å². The zero-order valence-corrected chi connectivity index (χ0v) is 22.0. The van der Waals surface area contributed by atoms with Crippen molar-refractivity contribution in [3.05, 3.63) is 64.1 Å². The number of rotatable bonds is 8. The predicted octanol–water partition coefficient (Wildman–Crippen LogP) is 3.77. The molecule has 208 valence electrons. The minimum atomic E-state index is -4.68. The third-order valence-corrected chi connectivity index (χ3v) is 7.45. The van der Waals surface area contributed by atoms with E-state index >= 15 is 0 Å². The highest BCUT2D eigenvalue weighted by Gasteiger charge is 2.56. The lowest BCUT2D eigenvalue weighted by Crippen LogP contribution is -2.59. The van der Waals surface area contributed by atoms with Crippen LogP contribution in [0.1, 0.15) is 24.1 Å². The normalized spacial score (nSPS) is 19.9. The number of hydrogen-bond acceptors (Lipinski definition) is 5. The smallest absolute Gasteiger partial charge is 0.408 e. The fourth-order valence-corrected chi connectivity index (χ4v) is 5.37. The molecule has 0 aliphatic carbocycles. The van der Waals surface area contributed by atoms with Gasteiger partial charge in [-0.2, -0.15) is 18.3 Å². The lowest BCUT2D eigenvalue weighted by atomic mass is 9.74. The Balaban J connectivity index is 1.60. The van der Waals surface area contributed by atoms with Crippen molar-refractivity contribution >= 4 is 39.5 Å². The van der Waals surface area contributed by atoms with Gasteiger partial charge in [0.25, 0.3) is 5.91 Å². The van der Waals surface area contributed by atoms with Crippen molar-refractivity contribution in [2.45, 2.75) is 37.9 Å². The van der Waals surface area contributed by atoms with Crippen LogP contribution in [0.25, 0.3) is 0 Å². The van der Waals surface area contributed by atoms with Gasteiger partial charge < -0.3 is 15.3 Å². The molecule has 39 heavy (non-hydrogen) atoms. The minimum Gasteiger partial charge on any atom is -0.465 e. The molecule has 2 atom stereocenters. The van der Waals surface area contributed by atoms with E-state index in [1.54, 1.807) is 18.2 Å². The van der Waals surface area contributed by atoms with Crippen molar-refractivity contribution in [3.8, 4) is 0 Å². The number of fused-ring (bicyclic) bond motifs is 1. The number of hydrogen-bond donors (Lipinski definition) is 2. The number of halogens is 5. The maximum absolute atomic E-state index is 13.7. The van der Waals surface area contributed by atoms with E-state index in [9.17, 15) is 37.1 Å². The molecule has 2 aliphatic heterocycles. The number of nitrogens with zero attached hydrogens (tertiary/aromatic N) is 4. The molecule has 0 spiro atoms. The fraction of sp³-hybridized carbons (Fsp3) is 0.400. The van der Waals surface area contributed by atoms with Crippen LogP contribution in [-0.4, -0.2) is 75.5 Å². The number of benzene rings is 1. The van der Waals surface area contributed by atoms with E-state index in [0.29, 0.717) is 20.7 Å². The summed E-state index contributed by atoms with van der Waals surface area (Å²) in [6.45, 7) is -1.84. The second-order valence-electron chi connectivity index (χ2n) is 9.39. The number of carbonyl (C=O) groups excluding carboxylic acids is 2. The molecule has 2 aromatic rings. The van der Waals surface area contributed by atoms with E-state index in [0.717, 1.165) is 0 Å². The molecule has 1 aromatic heterocycles. The van der Waals surface area contributed by atoms with Crippen LogP contribution >= 0.6 is 15.9 Å². The van der Waals surface area contributed by atoms with Crippen LogP contribution in [0.4, 0.5) is 22.4 Å². The largest absolute Gasteiger partial charge is 0.465 e. The van der Waals surface area contributed by atoms with Crippen LogP contribution in [-0.2, 0) is 22.4 Å². The van der Waals surface area contributed by atoms with E-state index in [1.807, 2.05) is 0 Å². The second-order valence-corrected chi connectivity index (χ2v) is 10.2. The molecule has 3 amide bonds. The van der Waals surface area contributed by atoms with Crippen molar-refractivity contribution in [1.82, 2.24) is 20.2 Å². The first kappa shape index (κ1) is 28.5. The zero-order valence-electron chi connectivity index (χ0n) is 20.4. The van der Waals surface area contributed by atoms with Gasteiger partial charge in [-0.05, 0) is 48.7 Å². The van der Waals surface area contributed by atoms with Gasteiger partial charge in [0, 0.05) is 42.3 Å². The molecule has 2 N–H and O–H groups in total. The van der Waals surface area contributed by atoms with Gasteiger partial charge in [-0.25, -0.2) is 14.2 Å². The van der Waals surface area contributed by atoms with Gasteiger partial charge in [0.1, 0.15) is 23.8 Å². The maximum atomic E-state index is 13.7. The number of piperidine rings is 1. The van der Waals surface area contributed by atoms with Crippen molar-refractivity contribution in [3.63, 3.8) is 0 Å². The van der Waals surface area contributed by atoms with Gasteiger partial charge in [-0.3, -0.25) is 14.6 Å². The van der Waals surface area contributed by atoms with E-state index in [4.69, 9.17) is 0 Å². The molecular weight excluding hydrogens is 590 g/mol. The Labute approximate surface area is 229 Å². The Morgan fingerprint density at radius 1 is 1.23 bits per heavy atom. The van der Waals surface area contributed by atoms with Crippen LogP contribution in [0.15, 0.2) is 52.2 Å². The van der Waals surface area contributed by atoms with E-state index < -0.39 is 47.9 Å². The third-order valence-electron chi connectivity index (χ3n) is 6.67. The van der Waals surface area contributed by atoms with Gasteiger partial charge in [0.15, 0.2) is 0 Å². The topological polar surface area (TPSA) is 115 Å². The molecule has 0 saturated carbocycles. The van der Waals surface area contributed by atoms with Crippen LogP contribution in [0, 0.1) is 11.2 Å². The monoisotopic (exact) mass is 613 g/mol. The van der Waals surface area contributed by atoms with Gasteiger partial charge in [-0.15, -0.1) is 0 Å². The number of likely N-dealkylation sites (tertiary alicyclic amines) is 1. The summed E-state index contributed by atoms with van der Waals surface area (Å²) in [6.07, 6.45) is -4.60. The number of aromatic nitrogens is 1. The summed E-state index contributed by atoms with van der Waals surface area (Å²) < 4.78 is 53.9. The van der Waals surface area contributed by atoms with Crippen molar-refractivity contribution in [2.75, 3.05) is 19.6 Å². The number of hydrazone groups is 1. The Bertz CT molecular complexity index is 1290. The Morgan fingerprint density at radius 3 is 2.67 bits per heavy atom. The maximum Gasteiger partial charge on any atom is 0.408 e. The number of amides is 3. The van der Waals surface area contributed by atoms with E-state index in [1.165, 1.54) is 29.3 Å². The molecular formula is C25H24BrF4N5O4. The molecule has 14 heteroatoms. The average Bonchev–Trinajstić information content (AvgIpc) is 3.12. The summed E-state index contributed by atoms with van der Waals surface area (Å²) in [5.74, 6) is -2.04. The minimum absolute atomic E-state index is 0.0217. The van der Waals surface area contributed by atoms with Crippen molar-refractivity contribution < 1.29 is 37.1 Å². The Morgan fingerprint density at radius 2 is 2.00 bits per heavy atom. The molecule has 1 aromatic carbocycles. The summed E-state index contributed by atoms with van der Waals surface area (Å²) in [5.41, 5.74) is -0.406. The van der Waals surface area contributed by atoms with Crippen LogP contribution in [0.5, 0.6) is 0 Å². The van der Waals surface area contributed by atoms with E-state index in [2.05, 4.69) is 31.3 Å². The number of nitrogens with one attached hydrogen (secondary N) is 1. The quantitative estimate of drug-likeness (QED) is 0.440. The summed E-state index contributed by atoms with van der Waals surface area (Å²) in [4.78, 5) is 44.0. The fourth-order valence-electron chi connectivity index (χ4n) is 4.92. The Hall–Kier alpha value is -3.55. The standard InChI is InChI=1S/C25H24BrF4N5O4/c26-18-6-5-16(27)11-15(18)4-7-19(32-23(38)39)21(36)34-10-8-20-24(13-34,12-17-3-1-2-9-31-17)22(37)35(33-20)14-25(28,29)30/h1-3,5-6,9,11,19,32H,4,7-8,10,12-14H2,(H,38,39)/t19?,24-/m1/s1. The SMILES string of the molecule is O=C(O)NC(CCc1cc(F)ccc1Br)C(=O)N1CCC2=NN(CC(F)(F)F)C(=O)[C@]2(Cc2ccccn2)C1. The first-order chi connectivity index (χ1) is 18.4. The molecule has 2 aliphatic rings. The van der Waals surface area contributed by atoms with Gasteiger partial charge in [-0.1, -0.05) is 22.0 Å². The zero-order chi connectivity index (χ0) is 28.4. The van der Waals surface area contributed by atoms with Crippen molar-refractivity contribution in [1.29, 1.82) is 0 Å². The molecule has 3 heterocycles. The highest BCUT2D eigenvalue weighted by atomic mass is 79.9. The predicted molar refractivity (Wildman–Crippen MR) is 134 cm³/mol. The number of carbonyl (C=O) groups is 3. The van der Waals surface area contributed by atoms with Gasteiger partial charge in [0.2, 0.25) is 5.91 Å². The average molecular weight is 614 g/mol. The lowest BCUT2D eigenvalue weighted by molar-refractivity contribution is -0.164. The van der Waals surface area contributed by atoms with Crippen LogP contribution < -0.4 is 5.32 Å². The van der Waals surface area contributed by atoms with Gasteiger partial charge >= 0.3 is 12.3 Å².